The number of hydrogen-bond acceptors (Lipinski definition) is 4. The van der Waals surface area contributed by atoms with E-state index in [9.17, 15) is 0 Å². The van der Waals surface area contributed by atoms with E-state index < -0.39 is 0 Å². The summed E-state index contributed by atoms with van der Waals surface area (Å²) in [5, 5.41) is 4.66. The van der Waals surface area contributed by atoms with E-state index in [2.05, 4.69) is 66.7 Å². The Morgan fingerprint density at radius 1 is 0.366 bits per heavy atom. The predicted octanol–water partition coefficient (Wildman–Crippen LogP) is 9.59. The normalized spacial score (nSPS) is 11.4. The molecule has 8 aromatic rings. The fourth-order valence-corrected chi connectivity index (χ4v) is 5.57. The van der Waals surface area contributed by atoms with Gasteiger partial charge in [0.2, 0.25) is 0 Å². The van der Waals surface area contributed by atoms with E-state index in [4.69, 9.17) is 19.4 Å². The molecule has 0 unspecified atom stereocenters. The standard InChI is InChI=1S/C37H23N3O/c1-3-10-26(11-4-1)35-38-36(27-12-5-2-6-13-27)40-37(39-35)28-20-18-24(19-21-28)29-16-9-14-25-22-23-32-34(33(25)29)30-15-7-8-17-31(30)41-32/h1-23H. The average molecular weight is 526 g/mol. The van der Waals surface area contributed by atoms with Crippen molar-refractivity contribution in [2.75, 3.05) is 0 Å². The van der Waals surface area contributed by atoms with Crippen LogP contribution in [0.5, 0.6) is 0 Å². The molecule has 0 aliphatic carbocycles. The van der Waals surface area contributed by atoms with Crippen LogP contribution in [0.2, 0.25) is 0 Å². The third kappa shape index (κ3) is 4.05. The topological polar surface area (TPSA) is 51.8 Å². The van der Waals surface area contributed by atoms with Crippen molar-refractivity contribution < 1.29 is 4.42 Å². The van der Waals surface area contributed by atoms with Crippen LogP contribution in [0.25, 0.3) is 78.0 Å². The quantitative estimate of drug-likeness (QED) is 0.230. The highest BCUT2D eigenvalue weighted by atomic mass is 16.3. The number of aromatic nitrogens is 3. The molecule has 0 amide bonds. The Kier molecular flexibility index (Phi) is 5.42. The van der Waals surface area contributed by atoms with Crippen LogP contribution < -0.4 is 0 Å². The van der Waals surface area contributed by atoms with Crippen LogP contribution in [-0.2, 0) is 0 Å². The Bertz CT molecular complexity index is 2130. The highest BCUT2D eigenvalue weighted by Crippen LogP contribution is 2.40. The van der Waals surface area contributed by atoms with Crippen LogP contribution in [-0.4, -0.2) is 15.0 Å². The molecule has 0 atom stereocenters. The average Bonchev–Trinajstić information content (AvgIpc) is 3.44. The van der Waals surface area contributed by atoms with Crippen LogP contribution in [0, 0.1) is 0 Å². The Morgan fingerprint density at radius 3 is 1.59 bits per heavy atom. The maximum absolute atomic E-state index is 6.20. The number of furan rings is 1. The Labute approximate surface area is 236 Å². The van der Waals surface area contributed by atoms with Crippen LogP contribution >= 0.6 is 0 Å². The van der Waals surface area contributed by atoms with E-state index in [0.29, 0.717) is 17.5 Å². The first kappa shape index (κ1) is 23.3. The van der Waals surface area contributed by atoms with Gasteiger partial charge in [0.05, 0.1) is 0 Å². The Hall–Kier alpha value is -5.61. The van der Waals surface area contributed by atoms with Gasteiger partial charge in [-0.3, -0.25) is 0 Å². The molecule has 0 bridgehead atoms. The molecule has 0 fully saturated rings. The minimum absolute atomic E-state index is 0.644. The minimum Gasteiger partial charge on any atom is -0.456 e. The fraction of sp³-hybridized carbons (Fsp3) is 0. The van der Waals surface area contributed by atoms with E-state index in [1.54, 1.807) is 0 Å². The largest absolute Gasteiger partial charge is 0.456 e. The van der Waals surface area contributed by atoms with Crippen molar-refractivity contribution >= 4 is 32.7 Å². The second kappa shape index (κ2) is 9.54. The fourth-order valence-electron chi connectivity index (χ4n) is 5.57. The van der Waals surface area contributed by atoms with Crippen LogP contribution in [0.3, 0.4) is 0 Å². The first-order chi connectivity index (χ1) is 20.3. The summed E-state index contributed by atoms with van der Waals surface area (Å²) in [6.45, 7) is 0. The summed E-state index contributed by atoms with van der Waals surface area (Å²) in [7, 11) is 0. The lowest BCUT2D eigenvalue weighted by Crippen LogP contribution is -2.00. The molecule has 4 heteroatoms. The Balaban J connectivity index is 1.27. The van der Waals surface area contributed by atoms with Gasteiger partial charge in [-0.15, -0.1) is 0 Å². The molecular weight excluding hydrogens is 502 g/mol. The lowest BCUT2D eigenvalue weighted by molar-refractivity contribution is 0.669. The minimum atomic E-state index is 0.644. The number of nitrogens with zero attached hydrogens (tertiary/aromatic N) is 3. The summed E-state index contributed by atoms with van der Waals surface area (Å²) in [6.07, 6.45) is 0. The summed E-state index contributed by atoms with van der Waals surface area (Å²) in [6, 6.07) is 47.5. The molecule has 4 nitrogen and oxygen atoms in total. The number of rotatable bonds is 4. The maximum Gasteiger partial charge on any atom is 0.164 e. The Morgan fingerprint density at radius 2 is 0.927 bits per heavy atom. The van der Waals surface area contributed by atoms with E-state index in [0.717, 1.165) is 49.8 Å². The van der Waals surface area contributed by atoms with Gasteiger partial charge < -0.3 is 4.42 Å². The number of para-hydroxylation sites is 1. The first-order valence-electron chi connectivity index (χ1n) is 13.6. The number of hydrogen-bond donors (Lipinski definition) is 0. The second-order valence-electron chi connectivity index (χ2n) is 10.1. The van der Waals surface area contributed by atoms with E-state index in [1.807, 2.05) is 72.8 Å². The van der Waals surface area contributed by atoms with Crippen molar-refractivity contribution in [2.45, 2.75) is 0 Å². The summed E-state index contributed by atoms with van der Waals surface area (Å²) < 4.78 is 6.20. The van der Waals surface area contributed by atoms with Gasteiger partial charge in [0.15, 0.2) is 17.5 Å². The van der Waals surface area contributed by atoms with E-state index >= 15 is 0 Å². The molecule has 2 heterocycles. The summed E-state index contributed by atoms with van der Waals surface area (Å²) in [4.78, 5) is 14.6. The first-order valence-corrected chi connectivity index (χ1v) is 13.6. The van der Waals surface area contributed by atoms with Gasteiger partial charge in [-0.1, -0.05) is 127 Å². The summed E-state index contributed by atoms with van der Waals surface area (Å²) in [5.74, 6) is 1.95. The molecular formula is C37H23N3O. The monoisotopic (exact) mass is 525 g/mol. The molecule has 0 aliphatic heterocycles. The molecule has 0 saturated heterocycles. The molecule has 192 valence electrons. The summed E-state index contributed by atoms with van der Waals surface area (Å²) in [5.41, 5.74) is 6.93. The molecule has 0 aliphatic rings. The van der Waals surface area contributed by atoms with Crippen LogP contribution in [0.4, 0.5) is 0 Å². The van der Waals surface area contributed by atoms with Gasteiger partial charge >= 0.3 is 0 Å². The lowest BCUT2D eigenvalue weighted by Gasteiger charge is -2.11. The zero-order valence-corrected chi connectivity index (χ0v) is 22.0. The zero-order chi connectivity index (χ0) is 27.2. The number of fused-ring (bicyclic) bond motifs is 5. The van der Waals surface area contributed by atoms with Crippen LogP contribution in [0.15, 0.2) is 144 Å². The third-order valence-electron chi connectivity index (χ3n) is 7.54. The van der Waals surface area contributed by atoms with Crippen molar-refractivity contribution in [3.05, 3.63) is 140 Å². The molecule has 0 spiro atoms. The van der Waals surface area contributed by atoms with Crippen molar-refractivity contribution in [3.8, 4) is 45.3 Å². The molecule has 41 heavy (non-hydrogen) atoms. The summed E-state index contributed by atoms with van der Waals surface area (Å²) >= 11 is 0. The van der Waals surface area contributed by atoms with Crippen molar-refractivity contribution in [3.63, 3.8) is 0 Å². The van der Waals surface area contributed by atoms with Gasteiger partial charge in [0.1, 0.15) is 11.2 Å². The molecule has 2 aromatic heterocycles. The molecule has 0 saturated carbocycles. The smallest absolute Gasteiger partial charge is 0.164 e. The van der Waals surface area contributed by atoms with Gasteiger partial charge in [0.25, 0.3) is 0 Å². The van der Waals surface area contributed by atoms with E-state index in [1.165, 1.54) is 10.8 Å². The van der Waals surface area contributed by atoms with Crippen molar-refractivity contribution in [1.29, 1.82) is 0 Å². The van der Waals surface area contributed by atoms with Gasteiger partial charge in [0, 0.05) is 32.8 Å². The SMILES string of the molecule is c1ccc(-c2nc(-c3ccccc3)nc(-c3ccc(-c4cccc5ccc6oc7ccccc7c6c45)cc3)n2)cc1. The van der Waals surface area contributed by atoms with E-state index in [-0.39, 0.29) is 0 Å². The van der Waals surface area contributed by atoms with Gasteiger partial charge in [-0.25, -0.2) is 15.0 Å². The lowest BCUT2D eigenvalue weighted by atomic mass is 9.94. The highest BCUT2D eigenvalue weighted by molar-refractivity contribution is 6.22. The maximum atomic E-state index is 6.20. The predicted molar refractivity (Wildman–Crippen MR) is 166 cm³/mol. The van der Waals surface area contributed by atoms with Crippen molar-refractivity contribution in [1.82, 2.24) is 15.0 Å². The van der Waals surface area contributed by atoms with Crippen LogP contribution in [0.1, 0.15) is 0 Å². The van der Waals surface area contributed by atoms with Gasteiger partial charge in [-0.05, 0) is 28.6 Å². The van der Waals surface area contributed by atoms with Crippen molar-refractivity contribution in [2.24, 2.45) is 0 Å². The highest BCUT2D eigenvalue weighted by Gasteiger charge is 2.15. The molecule has 8 rings (SSSR count). The number of benzene rings is 6. The molecule has 0 radical (unpaired) electrons. The molecule has 0 N–H and O–H groups in total. The second-order valence-corrected chi connectivity index (χ2v) is 10.1. The zero-order valence-electron chi connectivity index (χ0n) is 22.0. The third-order valence-corrected chi connectivity index (χ3v) is 7.54. The van der Waals surface area contributed by atoms with Gasteiger partial charge in [-0.2, -0.15) is 0 Å². The molecule has 6 aromatic carbocycles.